The van der Waals surface area contributed by atoms with Crippen LogP contribution in [0.15, 0.2) is 91.5 Å². The lowest BCUT2D eigenvalue weighted by atomic mass is 10.1. The van der Waals surface area contributed by atoms with Gasteiger partial charge in [-0.3, -0.25) is 4.79 Å². The van der Waals surface area contributed by atoms with Crippen LogP contribution in [0, 0.1) is 0 Å². The van der Waals surface area contributed by atoms with E-state index in [-0.39, 0.29) is 12.5 Å². The van der Waals surface area contributed by atoms with E-state index in [0.717, 1.165) is 60.4 Å². The molecule has 1 amide bonds. The number of aromatic nitrogens is 2. The number of fused-ring (bicyclic) bond motifs is 1. The summed E-state index contributed by atoms with van der Waals surface area (Å²) in [4.78, 5) is 17.0. The Balaban J connectivity index is 1.27. The van der Waals surface area contributed by atoms with Crippen molar-refractivity contribution in [3.05, 3.63) is 103 Å². The van der Waals surface area contributed by atoms with Crippen LogP contribution in [-0.4, -0.2) is 35.2 Å². The highest BCUT2D eigenvalue weighted by atomic mass is 16.5. The Hall–Kier alpha value is -4.06. The fraction of sp³-hybridized carbons (Fsp3) is 0.267. The van der Waals surface area contributed by atoms with E-state index in [1.807, 2.05) is 72.8 Å². The third-order valence-electron chi connectivity index (χ3n) is 5.87. The predicted octanol–water partition coefficient (Wildman–Crippen LogP) is 5.36. The number of allylic oxidation sites excluding steroid dienone is 1. The number of nitrogens with zero attached hydrogens (tertiary/aromatic N) is 2. The molecular formula is C30H33N3O3. The second-order valence-electron chi connectivity index (χ2n) is 8.53. The summed E-state index contributed by atoms with van der Waals surface area (Å²) in [6.45, 7) is 5.86. The molecule has 1 heterocycles. The number of hydrogen-bond acceptors (Lipinski definition) is 4. The summed E-state index contributed by atoms with van der Waals surface area (Å²) < 4.78 is 13.9. The second kappa shape index (κ2) is 13.1. The summed E-state index contributed by atoms with van der Waals surface area (Å²) in [5.74, 6) is 2.51. The van der Waals surface area contributed by atoms with Crippen LogP contribution in [-0.2, 0) is 24.2 Å². The summed E-state index contributed by atoms with van der Waals surface area (Å²) in [6.07, 6.45) is 5.12. The van der Waals surface area contributed by atoms with Gasteiger partial charge in [0.05, 0.1) is 17.6 Å². The van der Waals surface area contributed by atoms with Crippen molar-refractivity contribution in [3.8, 4) is 11.5 Å². The van der Waals surface area contributed by atoms with E-state index in [0.29, 0.717) is 18.9 Å². The molecule has 4 rings (SSSR count). The van der Waals surface area contributed by atoms with Gasteiger partial charge in [0.1, 0.15) is 17.3 Å². The Morgan fingerprint density at radius 3 is 2.58 bits per heavy atom. The van der Waals surface area contributed by atoms with Gasteiger partial charge in [-0.1, -0.05) is 54.6 Å². The molecule has 0 unspecified atom stereocenters. The van der Waals surface area contributed by atoms with Gasteiger partial charge >= 0.3 is 0 Å². The smallest absolute Gasteiger partial charge is 0.257 e. The quantitative estimate of drug-likeness (QED) is 0.194. The molecule has 186 valence electrons. The third-order valence-corrected chi connectivity index (χ3v) is 5.87. The summed E-state index contributed by atoms with van der Waals surface area (Å²) >= 11 is 0. The molecule has 0 fully saturated rings. The van der Waals surface area contributed by atoms with Crippen LogP contribution in [0.3, 0.4) is 0 Å². The average molecular weight is 484 g/mol. The van der Waals surface area contributed by atoms with Crippen molar-refractivity contribution in [1.29, 1.82) is 0 Å². The molecule has 3 aromatic carbocycles. The summed E-state index contributed by atoms with van der Waals surface area (Å²) in [5.41, 5.74) is 3.27. The first kappa shape index (κ1) is 25.0. The number of benzene rings is 3. The molecule has 1 aromatic heterocycles. The van der Waals surface area contributed by atoms with Gasteiger partial charge in [0.25, 0.3) is 5.91 Å². The van der Waals surface area contributed by atoms with E-state index in [2.05, 4.69) is 28.6 Å². The Morgan fingerprint density at radius 1 is 0.944 bits per heavy atom. The maximum absolute atomic E-state index is 12.1. The summed E-state index contributed by atoms with van der Waals surface area (Å²) in [6, 6.07) is 25.7. The van der Waals surface area contributed by atoms with Gasteiger partial charge in [-0.15, -0.1) is 6.58 Å². The summed E-state index contributed by atoms with van der Waals surface area (Å²) in [7, 11) is 0. The van der Waals surface area contributed by atoms with Gasteiger partial charge in [0, 0.05) is 19.5 Å². The Labute approximate surface area is 212 Å². The van der Waals surface area contributed by atoms with Crippen molar-refractivity contribution in [2.75, 3.05) is 19.8 Å². The van der Waals surface area contributed by atoms with Gasteiger partial charge in [-0.2, -0.15) is 0 Å². The van der Waals surface area contributed by atoms with Gasteiger partial charge in [0.15, 0.2) is 6.61 Å². The Bertz CT molecular complexity index is 1270. The van der Waals surface area contributed by atoms with Gasteiger partial charge < -0.3 is 19.4 Å². The molecule has 0 aliphatic heterocycles. The first-order valence-electron chi connectivity index (χ1n) is 12.4. The van der Waals surface area contributed by atoms with Gasteiger partial charge in [-0.25, -0.2) is 4.98 Å². The fourth-order valence-electron chi connectivity index (χ4n) is 4.13. The lowest BCUT2D eigenvalue weighted by Gasteiger charge is -2.12. The number of carbonyl (C=O) groups excluding carboxylic acids is 1. The molecule has 6 nitrogen and oxygen atoms in total. The molecular weight excluding hydrogens is 450 g/mol. The van der Waals surface area contributed by atoms with E-state index < -0.39 is 0 Å². The molecule has 0 aliphatic rings. The molecule has 0 saturated carbocycles. The standard InChI is InChI=1S/C30H33N3O3/c1-2-12-24-13-6-9-18-28(24)35-22-11-21-33-27-17-8-7-16-26(27)32-29(33)19-10-20-31-30(34)23-36-25-14-4-3-5-15-25/h2-9,13-18H,1,10-12,19-23H2,(H,31,34). The van der Waals surface area contributed by atoms with Crippen LogP contribution in [0.1, 0.15) is 24.2 Å². The monoisotopic (exact) mass is 483 g/mol. The van der Waals surface area contributed by atoms with Crippen LogP contribution >= 0.6 is 0 Å². The summed E-state index contributed by atoms with van der Waals surface area (Å²) in [5, 5.41) is 2.93. The third kappa shape index (κ3) is 6.98. The number of carbonyl (C=O) groups is 1. The molecule has 0 bridgehead atoms. The predicted molar refractivity (Wildman–Crippen MR) is 143 cm³/mol. The van der Waals surface area contributed by atoms with Gasteiger partial charge in [-0.05, 0) is 55.2 Å². The van der Waals surface area contributed by atoms with Crippen LogP contribution in [0.25, 0.3) is 11.0 Å². The maximum atomic E-state index is 12.1. The molecule has 36 heavy (non-hydrogen) atoms. The van der Waals surface area contributed by atoms with Crippen molar-refractivity contribution in [1.82, 2.24) is 14.9 Å². The number of hydrogen-bond donors (Lipinski definition) is 1. The second-order valence-corrected chi connectivity index (χ2v) is 8.53. The number of aryl methyl sites for hydroxylation is 2. The normalized spacial score (nSPS) is 10.8. The molecule has 0 aliphatic carbocycles. The SMILES string of the molecule is C=CCc1ccccc1OCCCn1c(CCCNC(=O)COc2ccccc2)nc2ccccc21. The maximum Gasteiger partial charge on any atom is 0.257 e. The Morgan fingerprint density at radius 2 is 1.72 bits per heavy atom. The van der Waals surface area contributed by atoms with E-state index in [9.17, 15) is 4.79 Å². The molecule has 6 heteroatoms. The van der Waals surface area contributed by atoms with E-state index >= 15 is 0 Å². The first-order valence-corrected chi connectivity index (χ1v) is 12.4. The Kier molecular flexibility index (Phi) is 9.14. The topological polar surface area (TPSA) is 65.4 Å². The van der Waals surface area contributed by atoms with Gasteiger partial charge in [0.2, 0.25) is 0 Å². The molecule has 0 spiro atoms. The van der Waals surface area contributed by atoms with E-state index in [1.54, 1.807) is 0 Å². The van der Waals surface area contributed by atoms with Crippen LogP contribution < -0.4 is 14.8 Å². The first-order chi connectivity index (χ1) is 17.7. The minimum Gasteiger partial charge on any atom is -0.493 e. The van der Waals surface area contributed by atoms with Crippen molar-refractivity contribution >= 4 is 16.9 Å². The van der Waals surface area contributed by atoms with Crippen LogP contribution in [0.5, 0.6) is 11.5 Å². The minimum absolute atomic E-state index is 0.0124. The highest BCUT2D eigenvalue weighted by Crippen LogP contribution is 2.20. The van der Waals surface area contributed by atoms with Crippen LogP contribution in [0.2, 0.25) is 0 Å². The molecule has 1 N–H and O–H groups in total. The number of ether oxygens (including phenoxy) is 2. The number of imidazole rings is 1. The number of para-hydroxylation sites is 4. The largest absolute Gasteiger partial charge is 0.493 e. The lowest BCUT2D eigenvalue weighted by molar-refractivity contribution is -0.123. The number of rotatable bonds is 14. The highest BCUT2D eigenvalue weighted by Gasteiger charge is 2.11. The highest BCUT2D eigenvalue weighted by molar-refractivity contribution is 5.77. The van der Waals surface area contributed by atoms with Crippen molar-refractivity contribution in [3.63, 3.8) is 0 Å². The van der Waals surface area contributed by atoms with Crippen molar-refractivity contribution in [2.24, 2.45) is 0 Å². The van der Waals surface area contributed by atoms with Crippen LogP contribution in [0.4, 0.5) is 0 Å². The fourth-order valence-corrected chi connectivity index (χ4v) is 4.13. The zero-order chi connectivity index (χ0) is 25.0. The zero-order valence-electron chi connectivity index (χ0n) is 20.6. The molecule has 4 aromatic rings. The molecule has 0 saturated heterocycles. The minimum atomic E-state index is -0.124. The molecule has 0 atom stereocenters. The average Bonchev–Trinajstić information content (AvgIpc) is 3.27. The number of amides is 1. The number of nitrogens with one attached hydrogen (secondary N) is 1. The van der Waals surface area contributed by atoms with E-state index in [4.69, 9.17) is 14.5 Å². The zero-order valence-corrected chi connectivity index (χ0v) is 20.6. The van der Waals surface area contributed by atoms with Crippen molar-refractivity contribution in [2.45, 2.75) is 32.2 Å². The van der Waals surface area contributed by atoms with Crippen molar-refractivity contribution < 1.29 is 14.3 Å². The molecule has 0 radical (unpaired) electrons. The lowest BCUT2D eigenvalue weighted by Crippen LogP contribution is -2.30. The van der Waals surface area contributed by atoms with E-state index in [1.165, 1.54) is 0 Å².